The van der Waals surface area contributed by atoms with Crippen LogP contribution in [0.5, 0.6) is 0 Å². The van der Waals surface area contributed by atoms with E-state index in [1.54, 1.807) is 6.08 Å². The molecule has 0 saturated carbocycles. The lowest BCUT2D eigenvalue weighted by Gasteiger charge is -2.34. The lowest BCUT2D eigenvalue weighted by Crippen LogP contribution is -2.48. The van der Waals surface area contributed by atoms with Gasteiger partial charge in [-0.15, -0.1) is 0 Å². The summed E-state index contributed by atoms with van der Waals surface area (Å²) in [7, 11) is 0. The number of pyridine rings is 1. The predicted molar refractivity (Wildman–Crippen MR) is 96.4 cm³/mol. The number of aromatic nitrogens is 1. The van der Waals surface area contributed by atoms with E-state index in [9.17, 15) is 4.79 Å². The molecular formula is C20H23N3O. The summed E-state index contributed by atoms with van der Waals surface area (Å²) in [6, 6.07) is 16.0. The molecule has 1 aliphatic rings. The van der Waals surface area contributed by atoms with E-state index in [0.29, 0.717) is 0 Å². The van der Waals surface area contributed by atoms with Crippen molar-refractivity contribution >= 4 is 12.0 Å². The van der Waals surface area contributed by atoms with Crippen LogP contribution >= 0.6 is 0 Å². The standard InChI is InChI=1S/C20H23N3O/c24-20(10-9-18-6-2-1-3-7-18)23-16-14-22(15-17-23)13-11-19-8-4-5-12-21-19/h1-10,12H,11,13-17H2/b10-9+. The van der Waals surface area contributed by atoms with Crippen molar-refractivity contribution in [3.63, 3.8) is 0 Å². The molecule has 1 aromatic heterocycles. The Bertz CT molecular complexity index is 662. The zero-order valence-corrected chi connectivity index (χ0v) is 13.8. The van der Waals surface area contributed by atoms with E-state index < -0.39 is 0 Å². The molecule has 4 heteroatoms. The molecule has 124 valence electrons. The van der Waals surface area contributed by atoms with Gasteiger partial charge in [-0.1, -0.05) is 36.4 Å². The van der Waals surface area contributed by atoms with Crippen molar-refractivity contribution in [2.75, 3.05) is 32.7 Å². The van der Waals surface area contributed by atoms with Crippen molar-refractivity contribution in [2.24, 2.45) is 0 Å². The van der Waals surface area contributed by atoms with Gasteiger partial charge in [-0.05, 0) is 23.8 Å². The third-order valence-electron chi connectivity index (χ3n) is 4.31. The normalized spacial score (nSPS) is 15.8. The van der Waals surface area contributed by atoms with Crippen molar-refractivity contribution in [3.05, 3.63) is 72.1 Å². The van der Waals surface area contributed by atoms with Crippen molar-refractivity contribution in [1.29, 1.82) is 0 Å². The molecule has 0 bridgehead atoms. The van der Waals surface area contributed by atoms with Crippen LogP contribution in [0.15, 0.2) is 60.8 Å². The minimum atomic E-state index is 0.100. The highest BCUT2D eigenvalue weighted by molar-refractivity contribution is 5.91. The van der Waals surface area contributed by atoms with Crippen LogP contribution in [-0.4, -0.2) is 53.4 Å². The van der Waals surface area contributed by atoms with Crippen LogP contribution in [-0.2, 0) is 11.2 Å². The van der Waals surface area contributed by atoms with Gasteiger partial charge in [0, 0.05) is 57.1 Å². The predicted octanol–water partition coefficient (Wildman–Crippen LogP) is 2.48. The summed E-state index contributed by atoms with van der Waals surface area (Å²) >= 11 is 0. The lowest BCUT2D eigenvalue weighted by atomic mass is 10.2. The quantitative estimate of drug-likeness (QED) is 0.794. The van der Waals surface area contributed by atoms with E-state index >= 15 is 0 Å². The molecule has 1 aromatic carbocycles. The van der Waals surface area contributed by atoms with Crippen LogP contribution in [0.4, 0.5) is 0 Å². The fourth-order valence-corrected chi connectivity index (χ4v) is 2.85. The summed E-state index contributed by atoms with van der Waals surface area (Å²) in [5.74, 6) is 0.100. The van der Waals surface area contributed by atoms with Gasteiger partial charge >= 0.3 is 0 Å². The average Bonchev–Trinajstić information content (AvgIpc) is 2.66. The second-order valence-electron chi connectivity index (χ2n) is 5.98. The highest BCUT2D eigenvalue weighted by atomic mass is 16.2. The molecule has 1 amide bonds. The number of carbonyl (C=O) groups is 1. The molecule has 0 spiro atoms. The molecule has 24 heavy (non-hydrogen) atoms. The minimum Gasteiger partial charge on any atom is -0.337 e. The molecule has 3 rings (SSSR count). The molecule has 0 unspecified atom stereocenters. The third-order valence-corrected chi connectivity index (χ3v) is 4.31. The summed E-state index contributed by atoms with van der Waals surface area (Å²) in [6.07, 6.45) is 6.36. The van der Waals surface area contributed by atoms with Gasteiger partial charge in [-0.2, -0.15) is 0 Å². The Balaban J connectivity index is 1.43. The zero-order valence-electron chi connectivity index (χ0n) is 13.8. The van der Waals surface area contributed by atoms with Gasteiger partial charge in [0.1, 0.15) is 0 Å². The van der Waals surface area contributed by atoms with Gasteiger partial charge in [0.2, 0.25) is 5.91 Å². The first-order valence-corrected chi connectivity index (χ1v) is 8.45. The number of benzene rings is 1. The van der Waals surface area contributed by atoms with Gasteiger partial charge in [0.25, 0.3) is 0 Å². The Hall–Kier alpha value is -2.46. The average molecular weight is 321 g/mol. The number of rotatable bonds is 5. The molecule has 1 saturated heterocycles. The largest absolute Gasteiger partial charge is 0.337 e. The van der Waals surface area contributed by atoms with Gasteiger partial charge in [-0.3, -0.25) is 14.7 Å². The van der Waals surface area contributed by atoms with E-state index in [-0.39, 0.29) is 5.91 Å². The number of nitrogens with zero attached hydrogens (tertiary/aromatic N) is 3. The Morgan fingerprint density at radius 1 is 1.00 bits per heavy atom. The topological polar surface area (TPSA) is 36.4 Å². The molecule has 1 fully saturated rings. The summed E-state index contributed by atoms with van der Waals surface area (Å²) in [5.41, 5.74) is 2.18. The van der Waals surface area contributed by atoms with Gasteiger partial charge in [0.15, 0.2) is 0 Å². The van der Waals surface area contributed by atoms with Crippen LogP contribution in [0.2, 0.25) is 0 Å². The highest BCUT2D eigenvalue weighted by Crippen LogP contribution is 2.07. The highest BCUT2D eigenvalue weighted by Gasteiger charge is 2.19. The SMILES string of the molecule is O=C(/C=C/c1ccccc1)N1CCN(CCc2ccccn2)CC1. The lowest BCUT2D eigenvalue weighted by molar-refractivity contribution is -0.127. The molecular weight excluding hydrogens is 298 g/mol. The van der Waals surface area contributed by atoms with Crippen molar-refractivity contribution in [1.82, 2.24) is 14.8 Å². The van der Waals surface area contributed by atoms with Crippen LogP contribution in [0, 0.1) is 0 Å². The molecule has 0 radical (unpaired) electrons. The Kier molecular flexibility index (Phi) is 5.75. The van der Waals surface area contributed by atoms with Crippen molar-refractivity contribution in [3.8, 4) is 0 Å². The molecule has 4 nitrogen and oxygen atoms in total. The van der Waals surface area contributed by atoms with Gasteiger partial charge < -0.3 is 4.90 Å². The summed E-state index contributed by atoms with van der Waals surface area (Å²) in [6.45, 7) is 4.44. The monoisotopic (exact) mass is 321 g/mol. The van der Waals surface area contributed by atoms with Crippen LogP contribution < -0.4 is 0 Å². The first-order chi connectivity index (χ1) is 11.8. The number of amides is 1. The second kappa shape index (κ2) is 8.41. The van der Waals surface area contributed by atoms with Crippen LogP contribution in [0.3, 0.4) is 0 Å². The van der Waals surface area contributed by atoms with Gasteiger partial charge in [0.05, 0.1) is 0 Å². The molecule has 0 atom stereocenters. The third kappa shape index (κ3) is 4.77. The first kappa shape index (κ1) is 16.4. The van der Waals surface area contributed by atoms with Crippen LogP contribution in [0.1, 0.15) is 11.3 Å². The van der Waals surface area contributed by atoms with E-state index in [4.69, 9.17) is 0 Å². The molecule has 1 aliphatic heterocycles. The van der Waals surface area contributed by atoms with E-state index in [2.05, 4.69) is 16.0 Å². The first-order valence-electron chi connectivity index (χ1n) is 8.45. The smallest absolute Gasteiger partial charge is 0.246 e. The zero-order chi connectivity index (χ0) is 16.6. The maximum atomic E-state index is 12.3. The summed E-state index contributed by atoms with van der Waals surface area (Å²) in [4.78, 5) is 21.0. The Morgan fingerprint density at radius 2 is 1.75 bits per heavy atom. The minimum absolute atomic E-state index is 0.100. The number of piperazine rings is 1. The molecule has 0 aliphatic carbocycles. The van der Waals surface area contributed by atoms with Crippen molar-refractivity contribution < 1.29 is 4.79 Å². The Labute approximate surface area is 143 Å². The van der Waals surface area contributed by atoms with Gasteiger partial charge in [-0.25, -0.2) is 0 Å². The van der Waals surface area contributed by atoms with Crippen molar-refractivity contribution in [2.45, 2.75) is 6.42 Å². The van der Waals surface area contributed by atoms with E-state index in [1.165, 1.54) is 0 Å². The number of hydrogen-bond acceptors (Lipinski definition) is 3. The fraction of sp³-hybridized carbons (Fsp3) is 0.300. The fourth-order valence-electron chi connectivity index (χ4n) is 2.85. The number of carbonyl (C=O) groups excluding carboxylic acids is 1. The Morgan fingerprint density at radius 3 is 2.46 bits per heavy atom. The number of hydrogen-bond donors (Lipinski definition) is 0. The summed E-state index contributed by atoms with van der Waals surface area (Å²) in [5, 5.41) is 0. The van der Waals surface area contributed by atoms with E-state index in [1.807, 2.05) is 59.6 Å². The second-order valence-corrected chi connectivity index (χ2v) is 5.98. The maximum Gasteiger partial charge on any atom is 0.246 e. The molecule has 2 heterocycles. The van der Waals surface area contributed by atoms with Crippen LogP contribution in [0.25, 0.3) is 6.08 Å². The molecule has 2 aromatic rings. The van der Waals surface area contributed by atoms with E-state index in [0.717, 1.165) is 50.4 Å². The maximum absolute atomic E-state index is 12.3. The summed E-state index contributed by atoms with van der Waals surface area (Å²) < 4.78 is 0. The molecule has 0 N–H and O–H groups in total.